The number of hydrogen-bond donors (Lipinski definition) is 1. The lowest BCUT2D eigenvalue weighted by Crippen LogP contribution is -2.05. The van der Waals surface area contributed by atoms with E-state index in [4.69, 9.17) is 5.11 Å². The van der Waals surface area contributed by atoms with Crippen molar-refractivity contribution in [3.63, 3.8) is 0 Å². The van der Waals surface area contributed by atoms with Gasteiger partial charge in [0.25, 0.3) is 0 Å². The quantitative estimate of drug-likeness (QED) is 0.669. The van der Waals surface area contributed by atoms with Crippen molar-refractivity contribution in [3.05, 3.63) is 53.6 Å². The fraction of sp³-hybridized carbons (Fsp3) is 0.143. The maximum atomic E-state index is 11.4. The number of nitrogens with zero attached hydrogens (tertiary/aromatic N) is 2. The zero-order valence-corrected chi connectivity index (χ0v) is 12.0. The molecule has 2 aromatic rings. The van der Waals surface area contributed by atoms with Crippen LogP contribution in [0.25, 0.3) is 0 Å². The van der Waals surface area contributed by atoms with Crippen molar-refractivity contribution >= 4 is 23.7 Å². The number of rotatable bonds is 5. The van der Waals surface area contributed by atoms with Crippen LogP contribution in [0.5, 0.6) is 0 Å². The number of carboxylic acid groups (broad SMARTS) is 1. The summed E-state index contributed by atoms with van der Waals surface area (Å²) in [6.45, 7) is 0. The molecule has 0 saturated carbocycles. The van der Waals surface area contributed by atoms with E-state index in [9.17, 15) is 9.59 Å². The van der Waals surface area contributed by atoms with Crippen molar-refractivity contribution in [1.82, 2.24) is 9.97 Å². The summed E-state index contributed by atoms with van der Waals surface area (Å²) in [5, 5.41) is 8.88. The van der Waals surface area contributed by atoms with Crippen LogP contribution in [0.15, 0.2) is 41.4 Å². The molecule has 0 aromatic carbocycles. The van der Waals surface area contributed by atoms with E-state index in [1.54, 1.807) is 24.3 Å². The Hall–Kier alpha value is -2.41. The van der Waals surface area contributed by atoms with Gasteiger partial charge in [-0.25, -0.2) is 19.6 Å². The van der Waals surface area contributed by atoms with Gasteiger partial charge in [-0.2, -0.15) is 0 Å². The van der Waals surface area contributed by atoms with Crippen LogP contribution in [0.2, 0.25) is 0 Å². The van der Waals surface area contributed by atoms with Crippen LogP contribution >= 0.6 is 11.8 Å². The molecule has 7 heteroatoms. The average molecular weight is 304 g/mol. The Balaban J connectivity index is 2.08. The number of esters is 1. The summed E-state index contributed by atoms with van der Waals surface area (Å²) in [5.74, 6) is -1.05. The SMILES string of the molecule is COC(=O)c1cccc(CSc2ccnc(C(=O)O)c2)n1. The third kappa shape index (κ3) is 4.03. The van der Waals surface area contributed by atoms with E-state index in [0.717, 1.165) is 4.90 Å². The Morgan fingerprint density at radius 2 is 2.10 bits per heavy atom. The first-order valence-corrected chi connectivity index (χ1v) is 6.95. The van der Waals surface area contributed by atoms with Crippen molar-refractivity contribution in [1.29, 1.82) is 0 Å². The molecule has 6 nitrogen and oxygen atoms in total. The highest BCUT2D eigenvalue weighted by Crippen LogP contribution is 2.22. The van der Waals surface area contributed by atoms with E-state index in [1.165, 1.54) is 31.1 Å². The van der Waals surface area contributed by atoms with Crippen molar-refractivity contribution in [2.75, 3.05) is 7.11 Å². The normalized spacial score (nSPS) is 10.1. The van der Waals surface area contributed by atoms with Gasteiger partial charge >= 0.3 is 11.9 Å². The summed E-state index contributed by atoms with van der Waals surface area (Å²) in [5.41, 5.74) is 0.949. The molecule has 2 rings (SSSR count). The Kier molecular flexibility index (Phi) is 4.89. The first-order valence-electron chi connectivity index (χ1n) is 5.96. The van der Waals surface area contributed by atoms with Crippen molar-refractivity contribution in [3.8, 4) is 0 Å². The van der Waals surface area contributed by atoms with Gasteiger partial charge in [0.15, 0.2) is 0 Å². The van der Waals surface area contributed by atoms with E-state index in [2.05, 4.69) is 14.7 Å². The van der Waals surface area contributed by atoms with Crippen LogP contribution in [0, 0.1) is 0 Å². The average Bonchev–Trinajstić information content (AvgIpc) is 2.52. The van der Waals surface area contributed by atoms with Crippen LogP contribution in [-0.2, 0) is 10.5 Å². The van der Waals surface area contributed by atoms with Crippen molar-refractivity contribution < 1.29 is 19.4 Å². The second-order valence-corrected chi connectivity index (χ2v) is 5.03. The lowest BCUT2D eigenvalue weighted by atomic mass is 10.3. The Morgan fingerprint density at radius 3 is 2.81 bits per heavy atom. The van der Waals surface area contributed by atoms with E-state index in [1.807, 2.05) is 0 Å². The molecule has 0 saturated heterocycles. The molecule has 0 spiro atoms. The first kappa shape index (κ1) is 15.0. The number of carbonyl (C=O) groups excluding carboxylic acids is 1. The number of carbonyl (C=O) groups is 2. The van der Waals surface area contributed by atoms with E-state index >= 15 is 0 Å². The summed E-state index contributed by atoms with van der Waals surface area (Å²) in [4.78, 5) is 31.0. The molecule has 2 heterocycles. The number of aromatic nitrogens is 2. The maximum Gasteiger partial charge on any atom is 0.356 e. The number of thioether (sulfide) groups is 1. The molecule has 108 valence electrons. The van der Waals surface area contributed by atoms with Gasteiger partial charge in [0.05, 0.1) is 12.8 Å². The highest BCUT2D eigenvalue weighted by atomic mass is 32.2. The van der Waals surface area contributed by atoms with E-state index < -0.39 is 11.9 Å². The van der Waals surface area contributed by atoms with Gasteiger partial charge in [-0.15, -0.1) is 11.8 Å². The predicted octanol–water partition coefficient (Wildman–Crippen LogP) is 2.25. The topological polar surface area (TPSA) is 89.4 Å². The summed E-state index contributed by atoms with van der Waals surface area (Å²) >= 11 is 1.42. The number of hydrogen-bond acceptors (Lipinski definition) is 6. The molecule has 0 radical (unpaired) electrons. The molecule has 21 heavy (non-hydrogen) atoms. The minimum absolute atomic E-state index is 0.00345. The lowest BCUT2D eigenvalue weighted by molar-refractivity contribution is 0.0593. The fourth-order valence-electron chi connectivity index (χ4n) is 1.55. The van der Waals surface area contributed by atoms with Gasteiger partial charge in [-0.1, -0.05) is 6.07 Å². The summed E-state index contributed by atoms with van der Waals surface area (Å²) in [6.07, 6.45) is 1.45. The third-order valence-electron chi connectivity index (χ3n) is 2.54. The van der Waals surface area contributed by atoms with Gasteiger partial charge in [-0.05, 0) is 24.3 Å². The van der Waals surface area contributed by atoms with E-state index in [0.29, 0.717) is 11.4 Å². The Bertz CT molecular complexity index is 676. The van der Waals surface area contributed by atoms with Crippen LogP contribution in [0.1, 0.15) is 26.7 Å². The molecule has 0 atom stereocenters. The zero-order chi connectivity index (χ0) is 15.2. The maximum absolute atomic E-state index is 11.4. The second-order valence-electron chi connectivity index (χ2n) is 3.98. The molecule has 2 aromatic heterocycles. The van der Waals surface area contributed by atoms with Gasteiger partial charge in [-0.3, -0.25) is 0 Å². The highest BCUT2D eigenvalue weighted by Gasteiger charge is 2.09. The molecule has 0 unspecified atom stereocenters. The minimum Gasteiger partial charge on any atom is -0.477 e. The molecule has 0 aliphatic heterocycles. The van der Waals surface area contributed by atoms with E-state index in [-0.39, 0.29) is 11.4 Å². The number of methoxy groups -OCH3 is 1. The summed E-state index contributed by atoms with van der Waals surface area (Å²) < 4.78 is 4.61. The Morgan fingerprint density at radius 1 is 1.29 bits per heavy atom. The number of aromatic carboxylic acids is 1. The molecular formula is C14H12N2O4S. The third-order valence-corrected chi connectivity index (χ3v) is 3.57. The molecule has 0 amide bonds. The number of pyridine rings is 2. The van der Waals surface area contributed by atoms with Crippen LogP contribution in [-0.4, -0.2) is 34.1 Å². The molecule has 1 N–H and O–H groups in total. The standard InChI is InChI=1S/C14H12N2O4S/c1-20-14(19)11-4-2-3-9(16-11)8-21-10-5-6-15-12(7-10)13(17)18/h2-7H,8H2,1H3,(H,17,18). The molecule has 0 aliphatic carbocycles. The zero-order valence-electron chi connectivity index (χ0n) is 11.1. The van der Waals surface area contributed by atoms with Crippen LogP contribution < -0.4 is 0 Å². The molecular weight excluding hydrogens is 292 g/mol. The molecule has 0 bridgehead atoms. The number of ether oxygens (including phenoxy) is 1. The van der Waals surface area contributed by atoms with Crippen LogP contribution in [0.4, 0.5) is 0 Å². The lowest BCUT2D eigenvalue weighted by Gasteiger charge is -2.04. The predicted molar refractivity (Wildman–Crippen MR) is 76.3 cm³/mol. The second kappa shape index (κ2) is 6.85. The van der Waals surface area contributed by atoms with Crippen LogP contribution in [0.3, 0.4) is 0 Å². The largest absolute Gasteiger partial charge is 0.477 e. The van der Waals surface area contributed by atoms with Gasteiger partial charge in [0, 0.05) is 16.8 Å². The fourth-order valence-corrected chi connectivity index (χ4v) is 2.38. The molecule has 0 fully saturated rings. The van der Waals surface area contributed by atoms with Gasteiger partial charge in [0.1, 0.15) is 11.4 Å². The number of carboxylic acids is 1. The smallest absolute Gasteiger partial charge is 0.356 e. The highest BCUT2D eigenvalue weighted by molar-refractivity contribution is 7.98. The Labute approximate surface area is 125 Å². The van der Waals surface area contributed by atoms with Gasteiger partial charge < -0.3 is 9.84 Å². The first-order chi connectivity index (χ1) is 10.1. The van der Waals surface area contributed by atoms with Crippen molar-refractivity contribution in [2.24, 2.45) is 0 Å². The van der Waals surface area contributed by atoms with Crippen molar-refractivity contribution in [2.45, 2.75) is 10.6 Å². The molecule has 0 aliphatic rings. The monoisotopic (exact) mass is 304 g/mol. The van der Waals surface area contributed by atoms with Gasteiger partial charge in [0.2, 0.25) is 0 Å². The summed E-state index contributed by atoms with van der Waals surface area (Å²) in [7, 11) is 1.30. The summed E-state index contributed by atoms with van der Waals surface area (Å²) in [6, 6.07) is 8.32. The minimum atomic E-state index is -1.07.